The molecule has 0 radical (unpaired) electrons. The van der Waals surface area contributed by atoms with Crippen LogP contribution in [0.4, 0.5) is 5.69 Å². The molecule has 0 aliphatic heterocycles. The third kappa shape index (κ3) is 6.00. The highest BCUT2D eigenvalue weighted by molar-refractivity contribution is 7.92. The van der Waals surface area contributed by atoms with Crippen molar-refractivity contribution in [3.8, 4) is 0 Å². The molecule has 0 spiro atoms. The maximum atomic E-state index is 13.0. The van der Waals surface area contributed by atoms with E-state index in [1.807, 2.05) is 13.0 Å². The molecule has 0 aromatic heterocycles. The lowest BCUT2D eigenvalue weighted by molar-refractivity contribution is 0.0939. The Balaban J connectivity index is 1.81. The fourth-order valence-electron chi connectivity index (χ4n) is 3.32. The number of hydrogen-bond donors (Lipinski definition) is 2. The molecule has 0 aliphatic carbocycles. The Morgan fingerprint density at radius 3 is 2.15 bits per heavy atom. The molecular weight excluding hydrogens is 460 g/mol. The topological polar surface area (TPSA) is 109 Å². The largest absolute Gasteiger partial charge is 0.346 e. The summed E-state index contributed by atoms with van der Waals surface area (Å²) in [6.45, 7) is 5.29. The minimum Gasteiger partial charge on any atom is -0.346 e. The summed E-state index contributed by atoms with van der Waals surface area (Å²) >= 11 is 0. The van der Waals surface area contributed by atoms with E-state index in [2.05, 4.69) is 10.0 Å². The summed E-state index contributed by atoms with van der Waals surface area (Å²) in [6, 6.07) is 17.3. The third-order valence-corrected chi connectivity index (χ3v) is 7.82. The Bertz CT molecular complexity index is 1400. The van der Waals surface area contributed by atoms with Crippen LogP contribution in [0.2, 0.25) is 0 Å². The molecule has 3 rings (SSSR count). The van der Waals surface area contributed by atoms with Gasteiger partial charge in [-0.2, -0.15) is 0 Å². The minimum atomic E-state index is -3.90. The molecule has 0 saturated heterocycles. The van der Waals surface area contributed by atoms with Crippen LogP contribution in [0.1, 0.15) is 40.0 Å². The lowest BCUT2D eigenvalue weighted by atomic mass is 10.1. The molecule has 174 valence electrons. The number of carbonyl (C=O) groups is 1. The zero-order chi connectivity index (χ0) is 24.4. The number of carbonyl (C=O) groups excluding carboxylic acids is 1. The summed E-state index contributed by atoms with van der Waals surface area (Å²) in [4.78, 5) is 13.0. The van der Waals surface area contributed by atoms with E-state index in [9.17, 15) is 21.6 Å². The second kappa shape index (κ2) is 9.36. The van der Waals surface area contributed by atoms with Crippen molar-refractivity contribution in [3.05, 3.63) is 89.0 Å². The summed E-state index contributed by atoms with van der Waals surface area (Å²) in [5.41, 5.74) is 2.78. The van der Waals surface area contributed by atoms with Gasteiger partial charge in [0.1, 0.15) is 0 Å². The first kappa shape index (κ1) is 24.5. The van der Waals surface area contributed by atoms with Gasteiger partial charge in [-0.05, 0) is 73.9 Å². The number of sulfone groups is 1. The van der Waals surface area contributed by atoms with Gasteiger partial charge in [-0.3, -0.25) is 9.52 Å². The van der Waals surface area contributed by atoms with Crippen LogP contribution in [-0.2, 0) is 19.9 Å². The molecule has 1 atom stereocenters. The smallest absolute Gasteiger partial charge is 0.262 e. The highest BCUT2D eigenvalue weighted by Gasteiger charge is 2.20. The number of sulfonamides is 1. The average molecular weight is 487 g/mol. The number of rotatable bonds is 7. The number of amides is 1. The Kier molecular flexibility index (Phi) is 6.94. The van der Waals surface area contributed by atoms with Crippen molar-refractivity contribution in [1.82, 2.24) is 5.32 Å². The zero-order valence-electron chi connectivity index (χ0n) is 18.8. The van der Waals surface area contributed by atoms with E-state index >= 15 is 0 Å². The molecule has 1 unspecified atom stereocenters. The van der Waals surface area contributed by atoms with Crippen LogP contribution in [0, 0.1) is 13.8 Å². The molecule has 9 heteroatoms. The summed E-state index contributed by atoms with van der Waals surface area (Å²) in [7, 11) is -7.21. The molecule has 0 saturated carbocycles. The normalized spacial score (nSPS) is 12.7. The van der Waals surface area contributed by atoms with Gasteiger partial charge in [0.05, 0.1) is 15.8 Å². The SMILES string of the molecule is Cc1cccc(NS(=O)(=O)c2cc(C(=O)NC(C)c3ccc(S(C)(=O)=O)cc3)ccc2C)c1. The average Bonchev–Trinajstić information content (AvgIpc) is 2.73. The first-order valence-corrected chi connectivity index (χ1v) is 13.6. The quantitative estimate of drug-likeness (QED) is 0.525. The highest BCUT2D eigenvalue weighted by Crippen LogP contribution is 2.22. The van der Waals surface area contributed by atoms with Crippen molar-refractivity contribution in [2.24, 2.45) is 0 Å². The first-order valence-electron chi connectivity index (χ1n) is 10.2. The predicted molar refractivity (Wildman–Crippen MR) is 129 cm³/mol. The Morgan fingerprint density at radius 1 is 0.879 bits per heavy atom. The second-order valence-electron chi connectivity index (χ2n) is 7.99. The fraction of sp³-hybridized carbons (Fsp3) is 0.208. The predicted octanol–water partition coefficient (Wildman–Crippen LogP) is 4.00. The molecule has 2 N–H and O–H groups in total. The van der Waals surface area contributed by atoms with Crippen LogP contribution < -0.4 is 10.0 Å². The molecule has 3 aromatic carbocycles. The van der Waals surface area contributed by atoms with Gasteiger partial charge in [-0.25, -0.2) is 16.8 Å². The van der Waals surface area contributed by atoms with Crippen LogP contribution in [0.25, 0.3) is 0 Å². The zero-order valence-corrected chi connectivity index (χ0v) is 20.4. The second-order valence-corrected chi connectivity index (χ2v) is 11.7. The van der Waals surface area contributed by atoms with Gasteiger partial charge in [-0.15, -0.1) is 0 Å². The van der Waals surface area contributed by atoms with Crippen molar-refractivity contribution in [1.29, 1.82) is 0 Å². The first-order chi connectivity index (χ1) is 15.4. The van der Waals surface area contributed by atoms with Crippen molar-refractivity contribution >= 4 is 31.5 Å². The lowest BCUT2D eigenvalue weighted by Gasteiger charge is -2.16. The van der Waals surface area contributed by atoms with Crippen molar-refractivity contribution in [2.75, 3.05) is 11.0 Å². The number of hydrogen-bond acceptors (Lipinski definition) is 5. The van der Waals surface area contributed by atoms with Crippen LogP contribution >= 0.6 is 0 Å². The Hall–Kier alpha value is -3.17. The van der Waals surface area contributed by atoms with E-state index in [1.165, 1.54) is 18.2 Å². The molecule has 7 nitrogen and oxygen atoms in total. The van der Waals surface area contributed by atoms with Crippen molar-refractivity contribution in [3.63, 3.8) is 0 Å². The van der Waals surface area contributed by atoms with E-state index in [0.717, 1.165) is 17.4 Å². The molecule has 1 amide bonds. The number of nitrogens with one attached hydrogen (secondary N) is 2. The van der Waals surface area contributed by atoms with Crippen LogP contribution in [-0.4, -0.2) is 29.0 Å². The van der Waals surface area contributed by atoms with Gasteiger partial charge in [-0.1, -0.05) is 30.3 Å². The molecule has 0 aliphatic rings. The fourth-order valence-corrected chi connectivity index (χ4v) is 5.27. The third-order valence-electron chi connectivity index (χ3n) is 5.17. The van der Waals surface area contributed by atoms with E-state index in [0.29, 0.717) is 11.3 Å². The maximum absolute atomic E-state index is 13.0. The number of anilines is 1. The standard InChI is InChI=1S/C24H26N2O5S2/c1-16-6-5-7-21(14-16)26-33(30,31)23-15-20(9-8-17(23)2)24(27)25-18(3)19-10-12-22(13-11-19)32(4,28)29/h5-15,18,26H,1-4H3,(H,25,27). The van der Waals surface area contributed by atoms with Crippen LogP contribution in [0.3, 0.4) is 0 Å². The highest BCUT2D eigenvalue weighted by atomic mass is 32.2. The van der Waals surface area contributed by atoms with Crippen LogP contribution in [0.5, 0.6) is 0 Å². The molecule has 33 heavy (non-hydrogen) atoms. The van der Waals surface area contributed by atoms with Crippen molar-refractivity contribution in [2.45, 2.75) is 36.6 Å². The number of benzene rings is 3. The lowest BCUT2D eigenvalue weighted by Crippen LogP contribution is -2.27. The Labute approximate surface area is 194 Å². The van der Waals surface area contributed by atoms with Gasteiger partial charge >= 0.3 is 0 Å². The van der Waals surface area contributed by atoms with Gasteiger partial charge in [0.25, 0.3) is 15.9 Å². The monoisotopic (exact) mass is 486 g/mol. The van der Waals surface area contributed by atoms with E-state index < -0.39 is 31.8 Å². The molecule has 0 heterocycles. The van der Waals surface area contributed by atoms with Crippen molar-refractivity contribution < 1.29 is 21.6 Å². The Morgan fingerprint density at radius 2 is 1.55 bits per heavy atom. The maximum Gasteiger partial charge on any atom is 0.262 e. The molecule has 3 aromatic rings. The molecule has 0 fully saturated rings. The summed E-state index contributed by atoms with van der Waals surface area (Å²) < 4.78 is 51.8. The molecular formula is C24H26N2O5S2. The summed E-state index contributed by atoms with van der Waals surface area (Å²) in [6.07, 6.45) is 1.13. The van der Waals surface area contributed by atoms with Crippen LogP contribution in [0.15, 0.2) is 76.5 Å². The van der Waals surface area contributed by atoms with E-state index in [4.69, 9.17) is 0 Å². The summed E-state index contributed by atoms with van der Waals surface area (Å²) in [5, 5.41) is 2.82. The minimum absolute atomic E-state index is 0.0156. The van der Waals surface area contributed by atoms with E-state index in [-0.39, 0.29) is 15.4 Å². The van der Waals surface area contributed by atoms with Gasteiger partial charge in [0.2, 0.25) is 0 Å². The van der Waals surface area contributed by atoms with Gasteiger partial charge < -0.3 is 5.32 Å². The summed E-state index contributed by atoms with van der Waals surface area (Å²) in [5.74, 6) is -0.443. The molecule has 0 bridgehead atoms. The van der Waals surface area contributed by atoms with Gasteiger partial charge in [0, 0.05) is 17.5 Å². The van der Waals surface area contributed by atoms with Gasteiger partial charge in [0.15, 0.2) is 9.84 Å². The number of aryl methyl sites for hydroxylation is 2. The van der Waals surface area contributed by atoms with E-state index in [1.54, 1.807) is 56.3 Å².